The van der Waals surface area contributed by atoms with Crippen LogP contribution in [-0.2, 0) is 0 Å². The maximum absolute atomic E-state index is 9.80. The van der Waals surface area contributed by atoms with Gasteiger partial charge in [-0.1, -0.05) is 48.5 Å². The van der Waals surface area contributed by atoms with E-state index in [1.54, 1.807) is 12.4 Å². The predicted octanol–water partition coefficient (Wildman–Crippen LogP) is 3.42. The number of fused-ring (bicyclic) bond motifs is 1. The highest BCUT2D eigenvalue weighted by Crippen LogP contribution is 2.29. The number of rotatable bonds is 5. The summed E-state index contributed by atoms with van der Waals surface area (Å²) in [5.41, 5.74) is 9.48. The predicted molar refractivity (Wildman–Crippen MR) is 107 cm³/mol. The van der Waals surface area contributed by atoms with Gasteiger partial charge in [-0.25, -0.2) is 9.97 Å². The lowest BCUT2D eigenvalue weighted by Crippen LogP contribution is -2.17. The Kier molecular flexibility index (Phi) is 4.63. The average molecular weight is 357 g/mol. The van der Waals surface area contributed by atoms with Gasteiger partial charge in [-0.2, -0.15) is 0 Å². The molecule has 2 aromatic carbocycles. The summed E-state index contributed by atoms with van der Waals surface area (Å²) in [6.45, 7) is -0.0897. The lowest BCUT2D eigenvalue weighted by Gasteiger charge is -2.18. The molecule has 6 heteroatoms. The molecule has 0 radical (unpaired) electrons. The van der Waals surface area contributed by atoms with Crippen molar-refractivity contribution in [3.63, 3.8) is 0 Å². The summed E-state index contributed by atoms with van der Waals surface area (Å²) >= 11 is 0. The van der Waals surface area contributed by atoms with Crippen molar-refractivity contribution in [1.29, 1.82) is 0 Å². The third-order valence-corrected chi connectivity index (χ3v) is 4.42. The number of aliphatic hydroxyl groups is 1. The highest BCUT2D eigenvalue weighted by Gasteiger charge is 2.15. The van der Waals surface area contributed by atoms with Gasteiger partial charge >= 0.3 is 0 Å². The summed E-state index contributed by atoms with van der Waals surface area (Å²) in [6, 6.07) is 19.1. The molecule has 1 atom stereocenters. The van der Waals surface area contributed by atoms with Crippen molar-refractivity contribution in [2.75, 3.05) is 17.7 Å². The fraction of sp³-hybridized carbons (Fsp3) is 0.0952. The number of nitrogens with one attached hydrogen (secondary N) is 1. The Morgan fingerprint density at radius 3 is 2.63 bits per heavy atom. The lowest BCUT2D eigenvalue weighted by molar-refractivity contribution is 0.276. The molecule has 4 rings (SSSR count). The van der Waals surface area contributed by atoms with Crippen LogP contribution in [0.5, 0.6) is 0 Å². The third kappa shape index (κ3) is 3.43. The van der Waals surface area contributed by atoms with Crippen LogP contribution in [0, 0.1) is 0 Å². The number of nitrogens with zero attached hydrogens (tertiary/aromatic N) is 3. The standard InChI is InChI=1S/C21H19N5O/c22-20-21(26-19(13-27)14-6-2-1-3-7-14)25-18(12-24-20)16-8-4-10-17-15(16)9-5-11-23-17/h1-12,19,27H,13H2,(H2,22,24)(H,25,26). The SMILES string of the molecule is Nc1ncc(-c2cccc3ncccc23)nc1NC(CO)c1ccccc1. The van der Waals surface area contributed by atoms with E-state index >= 15 is 0 Å². The van der Waals surface area contributed by atoms with Crippen molar-refractivity contribution in [3.8, 4) is 11.3 Å². The summed E-state index contributed by atoms with van der Waals surface area (Å²) in [5.74, 6) is 0.725. The van der Waals surface area contributed by atoms with Gasteiger partial charge < -0.3 is 16.2 Å². The zero-order valence-corrected chi connectivity index (χ0v) is 14.6. The second-order valence-electron chi connectivity index (χ2n) is 6.15. The van der Waals surface area contributed by atoms with Crippen LogP contribution in [0.1, 0.15) is 11.6 Å². The van der Waals surface area contributed by atoms with E-state index in [2.05, 4.69) is 20.3 Å². The number of nitrogens with two attached hydrogens (primary N) is 1. The molecule has 0 amide bonds. The molecule has 4 N–H and O–H groups in total. The zero-order valence-electron chi connectivity index (χ0n) is 14.6. The first kappa shape index (κ1) is 16.9. The lowest BCUT2D eigenvalue weighted by atomic mass is 10.1. The number of aromatic nitrogens is 3. The van der Waals surface area contributed by atoms with E-state index < -0.39 is 0 Å². The number of benzene rings is 2. The topological polar surface area (TPSA) is 97.0 Å². The van der Waals surface area contributed by atoms with Crippen molar-refractivity contribution >= 4 is 22.5 Å². The normalized spacial score (nSPS) is 12.0. The van der Waals surface area contributed by atoms with E-state index in [1.807, 2.05) is 60.7 Å². The molecular weight excluding hydrogens is 338 g/mol. The first-order chi connectivity index (χ1) is 13.3. The Morgan fingerprint density at radius 1 is 0.963 bits per heavy atom. The summed E-state index contributed by atoms with van der Waals surface area (Å²) < 4.78 is 0. The van der Waals surface area contributed by atoms with Gasteiger partial charge in [0.2, 0.25) is 0 Å². The first-order valence-corrected chi connectivity index (χ1v) is 8.65. The third-order valence-electron chi connectivity index (χ3n) is 4.42. The number of hydrogen-bond acceptors (Lipinski definition) is 6. The van der Waals surface area contributed by atoms with E-state index in [1.165, 1.54) is 0 Å². The molecule has 0 saturated heterocycles. The minimum absolute atomic E-state index is 0.0897. The maximum Gasteiger partial charge on any atom is 0.170 e. The van der Waals surface area contributed by atoms with Crippen molar-refractivity contribution in [2.45, 2.75) is 6.04 Å². The van der Waals surface area contributed by atoms with Crippen LogP contribution in [0.2, 0.25) is 0 Å². The second-order valence-corrected chi connectivity index (χ2v) is 6.15. The number of nitrogen functional groups attached to an aromatic ring is 1. The molecule has 0 bridgehead atoms. The van der Waals surface area contributed by atoms with Gasteiger partial charge in [-0.05, 0) is 17.7 Å². The van der Waals surface area contributed by atoms with Crippen molar-refractivity contribution in [3.05, 3.63) is 78.6 Å². The van der Waals surface area contributed by atoms with E-state index in [0.29, 0.717) is 11.5 Å². The van der Waals surface area contributed by atoms with Crippen molar-refractivity contribution in [1.82, 2.24) is 15.0 Å². The minimum atomic E-state index is -0.327. The molecule has 0 saturated carbocycles. The molecule has 0 fully saturated rings. The fourth-order valence-corrected chi connectivity index (χ4v) is 3.05. The van der Waals surface area contributed by atoms with Crippen molar-refractivity contribution in [2.24, 2.45) is 0 Å². The number of aliphatic hydroxyl groups excluding tert-OH is 1. The molecule has 134 valence electrons. The van der Waals surface area contributed by atoms with Crippen LogP contribution in [0.4, 0.5) is 11.6 Å². The molecule has 2 aromatic heterocycles. The molecule has 6 nitrogen and oxygen atoms in total. The molecule has 27 heavy (non-hydrogen) atoms. The van der Waals surface area contributed by atoms with Crippen LogP contribution in [0.25, 0.3) is 22.2 Å². The second kappa shape index (κ2) is 7.39. The average Bonchev–Trinajstić information content (AvgIpc) is 2.73. The Balaban J connectivity index is 1.73. The zero-order chi connectivity index (χ0) is 18.6. The van der Waals surface area contributed by atoms with Gasteiger partial charge in [0.05, 0.1) is 30.1 Å². The van der Waals surface area contributed by atoms with E-state index in [-0.39, 0.29) is 18.5 Å². The quantitative estimate of drug-likeness (QED) is 0.506. The molecule has 4 aromatic rings. The fourth-order valence-electron chi connectivity index (χ4n) is 3.05. The molecule has 0 spiro atoms. The highest BCUT2D eigenvalue weighted by molar-refractivity contribution is 5.93. The summed E-state index contributed by atoms with van der Waals surface area (Å²) in [4.78, 5) is 13.3. The summed E-state index contributed by atoms with van der Waals surface area (Å²) in [5, 5.41) is 14.0. The summed E-state index contributed by atoms with van der Waals surface area (Å²) in [6.07, 6.45) is 3.41. The highest BCUT2D eigenvalue weighted by atomic mass is 16.3. The first-order valence-electron chi connectivity index (χ1n) is 8.65. The molecule has 2 heterocycles. The van der Waals surface area contributed by atoms with Crippen LogP contribution in [-0.4, -0.2) is 26.7 Å². The molecule has 0 aliphatic heterocycles. The van der Waals surface area contributed by atoms with Gasteiger partial charge in [0.1, 0.15) is 0 Å². The summed E-state index contributed by atoms with van der Waals surface area (Å²) in [7, 11) is 0. The Hall–Kier alpha value is -3.51. The smallest absolute Gasteiger partial charge is 0.170 e. The van der Waals surface area contributed by atoms with E-state index in [4.69, 9.17) is 5.73 Å². The van der Waals surface area contributed by atoms with Crippen LogP contribution in [0.15, 0.2) is 73.1 Å². The van der Waals surface area contributed by atoms with Crippen LogP contribution < -0.4 is 11.1 Å². The largest absolute Gasteiger partial charge is 0.394 e. The monoisotopic (exact) mass is 357 g/mol. The van der Waals surface area contributed by atoms with E-state index in [0.717, 1.165) is 22.0 Å². The van der Waals surface area contributed by atoms with Gasteiger partial charge in [0.25, 0.3) is 0 Å². The van der Waals surface area contributed by atoms with Crippen LogP contribution >= 0.6 is 0 Å². The maximum atomic E-state index is 9.80. The number of hydrogen-bond donors (Lipinski definition) is 3. The van der Waals surface area contributed by atoms with Gasteiger partial charge in [0.15, 0.2) is 11.6 Å². The Morgan fingerprint density at radius 2 is 1.81 bits per heavy atom. The van der Waals surface area contributed by atoms with E-state index in [9.17, 15) is 5.11 Å². The van der Waals surface area contributed by atoms with Gasteiger partial charge in [0, 0.05) is 17.1 Å². The molecular formula is C21H19N5O. The number of pyridine rings is 1. The minimum Gasteiger partial charge on any atom is -0.394 e. The van der Waals surface area contributed by atoms with Gasteiger partial charge in [-0.3, -0.25) is 4.98 Å². The molecule has 0 aliphatic rings. The Labute approximate surface area is 156 Å². The molecule has 1 unspecified atom stereocenters. The number of anilines is 2. The van der Waals surface area contributed by atoms with Crippen molar-refractivity contribution < 1.29 is 5.11 Å². The van der Waals surface area contributed by atoms with Crippen LogP contribution in [0.3, 0.4) is 0 Å². The molecule has 0 aliphatic carbocycles. The Bertz CT molecular complexity index is 1060. The van der Waals surface area contributed by atoms with Gasteiger partial charge in [-0.15, -0.1) is 0 Å².